The maximum atomic E-state index is 10.2. The molecule has 6 nitrogen and oxygen atoms in total. The minimum absolute atomic E-state index is 0.238. The standard InChI is InChI=1S/2C6H6O3/c2*1-5(7)9-6-3-2-4-8-6/h2*2-4H,1H3. The summed E-state index contributed by atoms with van der Waals surface area (Å²) in [4.78, 5) is 20.5. The van der Waals surface area contributed by atoms with Crippen LogP contribution >= 0.6 is 0 Å². The predicted molar refractivity (Wildman–Crippen MR) is 60.0 cm³/mol. The Kier molecular flexibility index (Phi) is 5.24. The molecule has 0 bridgehead atoms. The van der Waals surface area contributed by atoms with Crippen molar-refractivity contribution in [2.24, 2.45) is 0 Å². The van der Waals surface area contributed by atoms with Crippen LogP contribution < -0.4 is 9.47 Å². The van der Waals surface area contributed by atoms with Crippen LogP contribution in [0.4, 0.5) is 0 Å². The molecule has 0 spiro atoms. The van der Waals surface area contributed by atoms with E-state index in [4.69, 9.17) is 8.83 Å². The van der Waals surface area contributed by atoms with Gasteiger partial charge in [0, 0.05) is 26.0 Å². The number of carbonyl (C=O) groups is 2. The molecule has 0 saturated carbocycles. The number of rotatable bonds is 2. The van der Waals surface area contributed by atoms with Gasteiger partial charge in [0.2, 0.25) is 0 Å². The average Bonchev–Trinajstić information content (AvgIpc) is 2.90. The van der Waals surface area contributed by atoms with Gasteiger partial charge in [0.1, 0.15) is 0 Å². The second-order valence-electron chi connectivity index (χ2n) is 3.05. The van der Waals surface area contributed by atoms with E-state index in [2.05, 4.69) is 9.47 Å². The fourth-order valence-corrected chi connectivity index (χ4v) is 0.926. The number of furan rings is 2. The molecule has 2 heterocycles. The Labute approximate surface area is 103 Å². The van der Waals surface area contributed by atoms with Gasteiger partial charge in [-0.3, -0.25) is 9.59 Å². The fourth-order valence-electron chi connectivity index (χ4n) is 0.926. The van der Waals surface area contributed by atoms with Crippen molar-refractivity contribution in [3.05, 3.63) is 36.8 Å². The van der Waals surface area contributed by atoms with Gasteiger partial charge in [0.05, 0.1) is 12.5 Å². The first-order valence-corrected chi connectivity index (χ1v) is 5.02. The quantitative estimate of drug-likeness (QED) is 0.763. The first kappa shape index (κ1) is 13.6. The molecule has 0 atom stereocenters. The summed E-state index contributed by atoms with van der Waals surface area (Å²) < 4.78 is 18.5. The lowest BCUT2D eigenvalue weighted by Gasteiger charge is -1.90. The van der Waals surface area contributed by atoms with E-state index in [0.717, 1.165) is 0 Å². The summed E-state index contributed by atoms with van der Waals surface area (Å²) in [5, 5.41) is 0. The van der Waals surface area contributed by atoms with Crippen LogP contribution in [0.15, 0.2) is 45.6 Å². The first-order chi connectivity index (χ1) is 8.58. The van der Waals surface area contributed by atoms with Crippen LogP contribution in [0.25, 0.3) is 0 Å². The lowest BCUT2D eigenvalue weighted by Crippen LogP contribution is -1.99. The zero-order valence-electron chi connectivity index (χ0n) is 9.91. The molecule has 6 heteroatoms. The number of hydrogen-bond donors (Lipinski definition) is 0. The molecule has 0 amide bonds. The molecule has 0 radical (unpaired) electrons. The SMILES string of the molecule is CC(=O)Oc1ccco1.CC(=O)Oc1ccco1. The molecular weight excluding hydrogens is 240 g/mol. The molecule has 2 aromatic rings. The zero-order chi connectivity index (χ0) is 13.4. The van der Waals surface area contributed by atoms with Gasteiger partial charge >= 0.3 is 11.9 Å². The van der Waals surface area contributed by atoms with E-state index in [9.17, 15) is 9.59 Å². The number of ether oxygens (including phenoxy) is 2. The molecule has 2 aromatic heterocycles. The third kappa shape index (κ3) is 5.55. The third-order valence-electron chi connectivity index (χ3n) is 1.48. The van der Waals surface area contributed by atoms with Crippen LogP contribution in [0.2, 0.25) is 0 Å². The summed E-state index contributed by atoms with van der Waals surface area (Å²) in [6.45, 7) is 2.64. The number of esters is 2. The maximum absolute atomic E-state index is 10.2. The smallest absolute Gasteiger partial charge is 0.310 e. The highest BCUT2D eigenvalue weighted by atomic mass is 16.6. The Morgan fingerprint density at radius 3 is 1.50 bits per heavy atom. The van der Waals surface area contributed by atoms with E-state index in [-0.39, 0.29) is 23.8 Å². The molecule has 18 heavy (non-hydrogen) atoms. The van der Waals surface area contributed by atoms with Crippen LogP contribution in [-0.2, 0) is 9.59 Å². The van der Waals surface area contributed by atoms with Crippen molar-refractivity contribution in [2.75, 3.05) is 0 Å². The predicted octanol–water partition coefficient (Wildman–Crippen LogP) is 2.41. The minimum atomic E-state index is -0.370. The van der Waals surface area contributed by atoms with E-state index < -0.39 is 0 Å². The Morgan fingerprint density at radius 1 is 0.889 bits per heavy atom. The molecule has 0 N–H and O–H groups in total. The summed E-state index contributed by atoms with van der Waals surface area (Å²) in [5.41, 5.74) is 0. The molecular formula is C12H12O6. The number of carbonyl (C=O) groups excluding carboxylic acids is 2. The third-order valence-corrected chi connectivity index (χ3v) is 1.48. The Balaban J connectivity index is 0.000000180. The van der Waals surface area contributed by atoms with E-state index in [1.165, 1.54) is 26.4 Å². The lowest BCUT2D eigenvalue weighted by atomic mass is 10.6. The fraction of sp³-hybridized carbons (Fsp3) is 0.167. The van der Waals surface area contributed by atoms with Gasteiger partial charge in [-0.05, 0) is 12.1 Å². The van der Waals surface area contributed by atoms with E-state index in [1.807, 2.05) is 0 Å². The van der Waals surface area contributed by atoms with E-state index in [1.54, 1.807) is 24.3 Å². The summed E-state index contributed by atoms with van der Waals surface area (Å²) in [6.07, 6.45) is 2.89. The van der Waals surface area contributed by atoms with Crippen LogP contribution in [0, 0.1) is 0 Å². The molecule has 96 valence electrons. The lowest BCUT2D eigenvalue weighted by molar-refractivity contribution is -0.134. The Bertz CT molecular complexity index is 422. The van der Waals surface area contributed by atoms with Crippen LogP contribution in [0.5, 0.6) is 11.9 Å². The molecule has 2 rings (SSSR count). The largest absolute Gasteiger partial charge is 0.434 e. The van der Waals surface area contributed by atoms with Crippen molar-refractivity contribution in [1.82, 2.24) is 0 Å². The van der Waals surface area contributed by atoms with Gasteiger partial charge in [0.15, 0.2) is 0 Å². The second-order valence-corrected chi connectivity index (χ2v) is 3.05. The topological polar surface area (TPSA) is 78.9 Å². The zero-order valence-corrected chi connectivity index (χ0v) is 9.91. The summed E-state index contributed by atoms with van der Waals surface area (Å²) in [5.74, 6) is -0.264. The molecule has 0 aliphatic carbocycles. The number of hydrogen-bond acceptors (Lipinski definition) is 6. The highest BCUT2D eigenvalue weighted by molar-refractivity contribution is 5.68. The van der Waals surface area contributed by atoms with Crippen molar-refractivity contribution in [3.8, 4) is 11.9 Å². The second kappa shape index (κ2) is 6.95. The van der Waals surface area contributed by atoms with Crippen molar-refractivity contribution >= 4 is 11.9 Å². The monoisotopic (exact) mass is 252 g/mol. The van der Waals surface area contributed by atoms with E-state index in [0.29, 0.717) is 0 Å². The highest BCUT2D eigenvalue weighted by Gasteiger charge is 1.97. The summed E-state index contributed by atoms with van der Waals surface area (Å²) in [7, 11) is 0. The van der Waals surface area contributed by atoms with Crippen LogP contribution in [-0.4, -0.2) is 11.9 Å². The molecule has 0 aromatic carbocycles. The van der Waals surface area contributed by atoms with Gasteiger partial charge in [-0.1, -0.05) is 0 Å². The van der Waals surface area contributed by atoms with E-state index >= 15 is 0 Å². The van der Waals surface area contributed by atoms with Crippen LogP contribution in [0.3, 0.4) is 0 Å². The van der Waals surface area contributed by atoms with Gasteiger partial charge in [-0.15, -0.1) is 0 Å². The van der Waals surface area contributed by atoms with Crippen molar-refractivity contribution in [3.63, 3.8) is 0 Å². The van der Waals surface area contributed by atoms with Crippen molar-refractivity contribution in [2.45, 2.75) is 13.8 Å². The van der Waals surface area contributed by atoms with Gasteiger partial charge in [-0.2, -0.15) is 0 Å². The average molecular weight is 252 g/mol. The molecule has 0 aliphatic heterocycles. The molecule has 0 aliphatic rings. The summed E-state index contributed by atoms with van der Waals surface area (Å²) in [6, 6.07) is 6.44. The maximum Gasteiger partial charge on any atom is 0.310 e. The van der Waals surface area contributed by atoms with Gasteiger partial charge in [-0.25, -0.2) is 0 Å². The van der Waals surface area contributed by atoms with Gasteiger partial charge < -0.3 is 18.3 Å². The molecule has 0 unspecified atom stereocenters. The van der Waals surface area contributed by atoms with Crippen LogP contribution in [0.1, 0.15) is 13.8 Å². The summed E-state index contributed by atoms with van der Waals surface area (Å²) >= 11 is 0. The minimum Gasteiger partial charge on any atom is -0.434 e. The molecule has 0 fully saturated rings. The van der Waals surface area contributed by atoms with Crippen molar-refractivity contribution in [1.29, 1.82) is 0 Å². The molecule has 0 saturated heterocycles. The Morgan fingerprint density at radius 2 is 1.28 bits per heavy atom. The first-order valence-electron chi connectivity index (χ1n) is 5.02. The van der Waals surface area contributed by atoms with Crippen molar-refractivity contribution < 1.29 is 27.9 Å². The Hall–Kier alpha value is -2.50. The normalized spacial score (nSPS) is 9.00. The highest BCUT2D eigenvalue weighted by Crippen LogP contribution is 2.09. The van der Waals surface area contributed by atoms with Gasteiger partial charge in [0.25, 0.3) is 11.9 Å².